The Morgan fingerprint density at radius 3 is 3.07 bits per heavy atom. The molecule has 4 atom stereocenters. The number of nitrogens with zero attached hydrogens (tertiary/aromatic N) is 3. The largest absolute Gasteiger partial charge is 0.505 e. The van der Waals surface area contributed by atoms with E-state index in [9.17, 15) is 14.7 Å². The fourth-order valence-corrected chi connectivity index (χ4v) is 5.10. The molecular formula is C20H22N4O5. The highest BCUT2D eigenvalue weighted by molar-refractivity contribution is 5.95. The standard InChI is InChI=1S/C20H22N4O5/c1-11-7-14(23-29-11)18(26)22-8-12-13-9-24(10-20(13)5-4-16(12)28-20)19(27)17-15(25)3-2-6-21-17/h2-3,6-7,12-13,16,25H,4-5,8-10H2,1H3,(H,22,26)/t12-,13+,16+,20+/m0/s1. The van der Waals surface area contributed by atoms with Gasteiger partial charge in [0.1, 0.15) is 11.5 Å². The van der Waals surface area contributed by atoms with Crippen molar-refractivity contribution in [2.45, 2.75) is 31.5 Å². The van der Waals surface area contributed by atoms with Gasteiger partial charge in [-0.15, -0.1) is 0 Å². The van der Waals surface area contributed by atoms with Gasteiger partial charge < -0.3 is 24.6 Å². The second kappa shape index (κ2) is 6.55. The fourth-order valence-electron chi connectivity index (χ4n) is 5.10. The van der Waals surface area contributed by atoms with E-state index in [0.717, 1.165) is 12.8 Å². The number of likely N-dealkylation sites (tertiary alicyclic amines) is 1. The zero-order valence-corrected chi connectivity index (χ0v) is 16.0. The molecule has 0 radical (unpaired) electrons. The molecule has 0 saturated carbocycles. The van der Waals surface area contributed by atoms with Crippen LogP contribution in [0.1, 0.15) is 39.6 Å². The molecular weight excluding hydrogens is 376 g/mol. The molecule has 29 heavy (non-hydrogen) atoms. The molecule has 9 heteroatoms. The molecule has 3 fully saturated rings. The van der Waals surface area contributed by atoms with Crippen LogP contribution >= 0.6 is 0 Å². The van der Waals surface area contributed by atoms with Gasteiger partial charge in [-0.2, -0.15) is 0 Å². The summed E-state index contributed by atoms with van der Waals surface area (Å²) in [5, 5.41) is 16.7. The van der Waals surface area contributed by atoms with E-state index in [1.54, 1.807) is 24.0 Å². The van der Waals surface area contributed by atoms with Crippen molar-refractivity contribution in [2.24, 2.45) is 11.8 Å². The minimum atomic E-state index is -0.370. The second-order valence-corrected chi connectivity index (χ2v) is 8.12. The van der Waals surface area contributed by atoms with Gasteiger partial charge in [0.05, 0.1) is 18.2 Å². The monoisotopic (exact) mass is 398 g/mol. The van der Waals surface area contributed by atoms with Gasteiger partial charge in [0.15, 0.2) is 11.4 Å². The van der Waals surface area contributed by atoms with Gasteiger partial charge in [0.25, 0.3) is 11.8 Å². The Morgan fingerprint density at radius 2 is 2.31 bits per heavy atom. The van der Waals surface area contributed by atoms with Gasteiger partial charge in [-0.3, -0.25) is 9.59 Å². The molecule has 0 unspecified atom stereocenters. The molecule has 2 bridgehead atoms. The molecule has 2 aromatic heterocycles. The van der Waals surface area contributed by atoms with Crippen molar-refractivity contribution < 1.29 is 24.0 Å². The number of rotatable bonds is 4. The molecule has 1 spiro atoms. The van der Waals surface area contributed by atoms with Crippen LogP contribution in [0.25, 0.3) is 0 Å². The first kappa shape index (κ1) is 18.1. The molecule has 0 aromatic carbocycles. The second-order valence-electron chi connectivity index (χ2n) is 8.12. The number of fused-ring (bicyclic) bond motifs is 1. The van der Waals surface area contributed by atoms with Gasteiger partial charge >= 0.3 is 0 Å². The van der Waals surface area contributed by atoms with E-state index in [4.69, 9.17) is 9.26 Å². The SMILES string of the molecule is Cc1cc(C(=O)NC[C@H]2[C@H]3CN(C(=O)c4ncccc4O)C[C@]34CC[C@H]2O4)no1. The number of ether oxygens (including phenoxy) is 1. The summed E-state index contributed by atoms with van der Waals surface area (Å²) >= 11 is 0. The van der Waals surface area contributed by atoms with E-state index in [2.05, 4.69) is 15.5 Å². The Hall–Kier alpha value is -2.94. The summed E-state index contributed by atoms with van der Waals surface area (Å²) in [6.07, 6.45) is 3.39. The quantitative estimate of drug-likeness (QED) is 0.793. The lowest BCUT2D eigenvalue weighted by Gasteiger charge is -2.29. The molecule has 152 valence electrons. The fraction of sp³-hybridized carbons (Fsp3) is 0.500. The summed E-state index contributed by atoms with van der Waals surface area (Å²) < 4.78 is 11.3. The first-order valence-corrected chi connectivity index (χ1v) is 9.79. The van der Waals surface area contributed by atoms with E-state index in [1.807, 2.05) is 0 Å². The van der Waals surface area contributed by atoms with Crippen molar-refractivity contribution in [2.75, 3.05) is 19.6 Å². The van der Waals surface area contributed by atoms with Gasteiger partial charge in [-0.1, -0.05) is 5.16 Å². The van der Waals surface area contributed by atoms with Crippen molar-refractivity contribution in [1.82, 2.24) is 20.4 Å². The predicted octanol–water partition coefficient (Wildman–Crippen LogP) is 1.13. The summed E-state index contributed by atoms with van der Waals surface area (Å²) in [7, 11) is 0. The van der Waals surface area contributed by atoms with Crippen molar-refractivity contribution in [3.05, 3.63) is 41.5 Å². The number of carbonyl (C=O) groups excluding carboxylic acids is 2. The summed E-state index contributed by atoms with van der Waals surface area (Å²) in [6, 6.07) is 4.65. The molecule has 0 aliphatic carbocycles. The Bertz CT molecular complexity index is 975. The van der Waals surface area contributed by atoms with Crippen LogP contribution in [-0.4, -0.2) is 63.3 Å². The minimum absolute atomic E-state index is 0.0599. The zero-order valence-electron chi connectivity index (χ0n) is 16.0. The summed E-state index contributed by atoms with van der Waals surface area (Å²) in [6.45, 7) is 3.20. The van der Waals surface area contributed by atoms with E-state index in [1.165, 1.54) is 12.3 Å². The topological polar surface area (TPSA) is 118 Å². The van der Waals surface area contributed by atoms with Gasteiger partial charge in [0, 0.05) is 37.2 Å². The third kappa shape index (κ3) is 2.88. The maximum atomic E-state index is 12.9. The summed E-state index contributed by atoms with van der Waals surface area (Å²) in [5.74, 6) is 0.151. The lowest BCUT2D eigenvalue weighted by Crippen LogP contribution is -2.42. The first-order valence-electron chi connectivity index (χ1n) is 9.79. The molecule has 9 nitrogen and oxygen atoms in total. The van der Waals surface area contributed by atoms with Gasteiger partial charge in [0.2, 0.25) is 0 Å². The smallest absolute Gasteiger partial charge is 0.276 e. The zero-order chi connectivity index (χ0) is 20.2. The molecule has 2 N–H and O–H groups in total. The van der Waals surface area contributed by atoms with Crippen LogP contribution in [-0.2, 0) is 4.74 Å². The van der Waals surface area contributed by atoms with Gasteiger partial charge in [-0.05, 0) is 31.9 Å². The van der Waals surface area contributed by atoms with Gasteiger partial charge in [-0.25, -0.2) is 4.98 Å². The third-order valence-corrected chi connectivity index (χ3v) is 6.42. The highest BCUT2D eigenvalue weighted by Crippen LogP contribution is 2.54. The van der Waals surface area contributed by atoms with Crippen LogP contribution in [0.4, 0.5) is 0 Å². The molecule has 3 aliphatic rings. The lowest BCUT2D eigenvalue weighted by atomic mass is 9.73. The van der Waals surface area contributed by atoms with E-state index in [-0.39, 0.29) is 52.5 Å². The Morgan fingerprint density at radius 1 is 1.45 bits per heavy atom. The third-order valence-electron chi connectivity index (χ3n) is 6.42. The molecule has 3 aliphatic heterocycles. The van der Waals surface area contributed by atoms with E-state index < -0.39 is 0 Å². The Labute approximate surface area is 167 Å². The molecule has 5 rings (SSSR count). The number of pyridine rings is 1. The van der Waals surface area contributed by atoms with E-state index >= 15 is 0 Å². The number of hydrogen-bond donors (Lipinski definition) is 2. The predicted molar refractivity (Wildman–Crippen MR) is 99.2 cm³/mol. The van der Waals surface area contributed by atoms with Crippen LogP contribution in [0.5, 0.6) is 5.75 Å². The maximum Gasteiger partial charge on any atom is 0.276 e. The summed E-state index contributed by atoms with van der Waals surface area (Å²) in [5.41, 5.74) is -0.0512. The number of nitrogens with one attached hydrogen (secondary N) is 1. The van der Waals surface area contributed by atoms with Crippen molar-refractivity contribution in [1.29, 1.82) is 0 Å². The molecule has 2 amide bonds. The summed E-state index contributed by atoms with van der Waals surface area (Å²) in [4.78, 5) is 31.0. The number of carbonyl (C=O) groups is 2. The number of aromatic nitrogens is 2. The van der Waals surface area contributed by atoms with Crippen molar-refractivity contribution in [3.8, 4) is 5.75 Å². The molecule has 5 heterocycles. The van der Waals surface area contributed by atoms with Crippen molar-refractivity contribution >= 4 is 11.8 Å². The first-order chi connectivity index (χ1) is 14.0. The number of amides is 2. The van der Waals surface area contributed by atoms with Crippen LogP contribution in [0.2, 0.25) is 0 Å². The van der Waals surface area contributed by atoms with E-state index in [0.29, 0.717) is 25.4 Å². The number of aromatic hydroxyl groups is 1. The van der Waals surface area contributed by atoms with Crippen LogP contribution in [0.3, 0.4) is 0 Å². The normalized spacial score (nSPS) is 29.8. The number of aryl methyl sites for hydroxylation is 1. The lowest BCUT2D eigenvalue weighted by molar-refractivity contribution is 0.00307. The number of hydrogen-bond acceptors (Lipinski definition) is 7. The van der Waals surface area contributed by atoms with Crippen LogP contribution in [0, 0.1) is 18.8 Å². The highest BCUT2D eigenvalue weighted by Gasteiger charge is 2.63. The van der Waals surface area contributed by atoms with Crippen LogP contribution < -0.4 is 5.32 Å². The Balaban J connectivity index is 1.29. The van der Waals surface area contributed by atoms with Crippen molar-refractivity contribution in [3.63, 3.8) is 0 Å². The molecule has 2 aromatic rings. The Kier molecular flexibility index (Phi) is 4.09. The van der Waals surface area contributed by atoms with Crippen LogP contribution in [0.15, 0.2) is 28.9 Å². The highest BCUT2D eigenvalue weighted by atomic mass is 16.5. The average molecular weight is 398 g/mol. The molecule has 3 saturated heterocycles. The maximum absolute atomic E-state index is 12.9. The minimum Gasteiger partial charge on any atom is -0.505 e. The average Bonchev–Trinajstić information content (AvgIpc) is 3.46.